The number of aryl methyl sites for hydroxylation is 1. The average molecular weight is 280 g/mol. The third kappa shape index (κ3) is 3.78. The van der Waals surface area contributed by atoms with Crippen LogP contribution in [-0.2, 0) is 7.05 Å². The van der Waals surface area contributed by atoms with Crippen molar-refractivity contribution in [3.8, 4) is 0 Å². The number of hydrogen-bond donors (Lipinski definition) is 1. The summed E-state index contributed by atoms with van der Waals surface area (Å²) in [4.78, 5) is 1.06. The zero-order valence-electron chi connectivity index (χ0n) is 11.0. The summed E-state index contributed by atoms with van der Waals surface area (Å²) in [6.07, 6.45) is 1.78. The number of rotatable bonds is 6. The van der Waals surface area contributed by atoms with Gasteiger partial charge >= 0.3 is 0 Å². The summed E-state index contributed by atoms with van der Waals surface area (Å²) in [5.74, 6) is 0.643. The Morgan fingerprint density at radius 3 is 2.68 bits per heavy atom. The van der Waals surface area contributed by atoms with Gasteiger partial charge in [-0.15, -0.1) is 16.9 Å². The molecule has 0 fully saturated rings. The van der Waals surface area contributed by atoms with Gasteiger partial charge in [0.25, 0.3) is 0 Å². The van der Waals surface area contributed by atoms with Crippen LogP contribution < -0.4 is 5.32 Å². The Balaban J connectivity index is 2.01. The fourth-order valence-corrected chi connectivity index (χ4v) is 2.80. The van der Waals surface area contributed by atoms with Crippen LogP contribution in [-0.4, -0.2) is 27.3 Å². The van der Waals surface area contributed by atoms with E-state index in [0.717, 1.165) is 22.9 Å². The molecule has 1 aromatic heterocycles. The first-order valence-corrected chi connectivity index (χ1v) is 7.15. The molecular formula is C13H17FN4S. The second kappa shape index (κ2) is 6.68. The van der Waals surface area contributed by atoms with Gasteiger partial charge in [0.2, 0.25) is 0 Å². The second-order valence-electron chi connectivity index (χ2n) is 4.16. The molecule has 0 aliphatic rings. The summed E-state index contributed by atoms with van der Waals surface area (Å²) in [5, 5.41) is 11.3. The number of thioether (sulfide) groups is 1. The van der Waals surface area contributed by atoms with E-state index < -0.39 is 0 Å². The lowest BCUT2D eigenvalue weighted by Gasteiger charge is -2.17. The Labute approximate surface area is 116 Å². The zero-order valence-corrected chi connectivity index (χ0v) is 11.8. The molecule has 6 heteroatoms. The quantitative estimate of drug-likeness (QED) is 0.825. The number of benzene rings is 1. The maximum absolute atomic E-state index is 12.8. The largest absolute Gasteiger partial charge is 0.308 e. The third-order valence-electron chi connectivity index (χ3n) is 2.79. The summed E-state index contributed by atoms with van der Waals surface area (Å²) < 4.78 is 14.6. The van der Waals surface area contributed by atoms with Crippen LogP contribution >= 0.6 is 11.8 Å². The van der Waals surface area contributed by atoms with Gasteiger partial charge in [-0.3, -0.25) is 4.68 Å². The van der Waals surface area contributed by atoms with E-state index in [1.165, 1.54) is 12.1 Å². The maximum atomic E-state index is 12.8. The Morgan fingerprint density at radius 1 is 1.37 bits per heavy atom. The van der Waals surface area contributed by atoms with Crippen molar-refractivity contribution < 1.29 is 4.39 Å². The molecule has 0 saturated carbocycles. The molecule has 0 aliphatic carbocycles. The first-order chi connectivity index (χ1) is 9.20. The van der Waals surface area contributed by atoms with Gasteiger partial charge in [-0.1, -0.05) is 12.1 Å². The minimum absolute atomic E-state index is 0.181. The molecule has 2 aromatic rings. The van der Waals surface area contributed by atoms with E-state index in [-0.39, 0.29) is 11.9 Å². The highest BCUT2D eigenvalue weighted by molar-refractivity contribution is 7.99. The van der Waals surface area contributed by atoms with Crippen LogP contribution in [0.5, 0.6) is 0 Å². The van der Waals surface area contributed by atoms with Crippen LogP contribution in [0, 0.1) is 5.82 Å². The molecule has 1 heterocycles. The van der Waals surface area contributed by atoms with Crippen LogP contribution in [0.1, 0.15) is 18.7 Å². The van der Waals surface area contributed by atoms with Gasteiger partial charge in [-0.05, 0) is 30.8 Å². The first-order valence-electron chi connectivity index (χ1n) is 6.17. The normalized spacial score (nSPS) is 12.6. The molecule has 4 nitrogen and oxygen atoms in total. The standard InChI is InChI=1S/C13H17FN4S/c1-3-15-12(13-8-16-17-18(13)2)9-19-11-6-4-10(14)5-7-11/h4-8,12,15H,3,9H2,1-2H3. The fraction of sp³-hybridized carbons (Fsp3) is 0.385. The maximum Gasteiger partial charge on any atom is 0.123 e. The molecule has 2 rings (SSSR count). The fourth-order valence-electron chi connectivity index (χ4n) is 1.82. The summed E-state index contributed by atoms with van der Waals surface area (Å²) in [7, 11) is 1.88. The van der Waals surface area contributed by atoms with Crippen molar-refractivity contribution in [2.45, 2.75) is 17.9 Å². The van der Waals surface area contributed by atoms with Crippen molar-refractivity contribution in [3.63, 3.8) is 0 Å². The monoisotopic (exact) mass is 280 g/mol. The van der Waals surface area contributed by atoms with Gasteiger partial charge in [0, 0.05) is 17.7 Å². The molecule has 0 bridgehead atoms. The van der Waals surface area contributed by atoms with Crippen LogP contribution in [0.3, 0.4) is 0 Å². The molecule has 19 heavy (non-hydrogen) atoms. The van der Waals surface area contributed by atoms with E-state index in [1.54, 1.807) is 34.8 Å². The zero-order chi connectivity index (χ0) is 13.7. The van der Waals surface area contributed by atoms with Gasteiger partial charge in [0.15, 0.2) is 0 Å². The number of nitrogens with zero attached hydrogens (tertiary/aromatic N) is 3. The summed E-state index contributed by atoms with van der Waals surface area (Å²) in [5.41, 5.74) is 1.05. The second-order valence-corrected chi connectivity index (χ2v) is 5.25. The number of hydrogen-bond acceptors (Lipinski definition) is 4. The minimum Gasteiger partial charge on any atom is -0.308 e. The van der Waals surface area contributed by atoms with E-state index in [4.69, 9.17) is 0 Å². The van der Waals surface area contributed by atoms with Crippen LogP contribution in [0.25, 0.3) is 0 Å². The molecule has 1 unspecified atom stereocenters. The first kappa shape index (κ1) is 14.0. The molecule has 0 spiro atoms. The van der Waals surface area contributed by atoms with Crippen molar-refractivity contribution in [3.05, 3.63) is 42.0 Å². The summed E-state index contributed by atoms with van der Waals surface area (Å²) in [6.45, 7) is 2.94. The molecule has 1 N–H and O–H groups in total. The molecule has 1 aromatic carbocycles. The molecule has 1 atom stereocenters. The molecule has 0 amide bonds. The smallest absolute Gasteiger partial charge is 0.123 e. The molecule has 0 aliphatic heterocycles. The minimum atomic E-state index is -0.205. The highest BCUT2D eigenvalue weighted by atomic mass is 32.2. The molecular weight excluding hydrogens is 263 g/mol. The van der Waals surface area contributed by atoms with Gasteiger partial charge in [0.05, 0.1) is 17.9 Å². The van der Waals surface area contributed by atoms with Crippen LogP contribution in [0.2, 0.25) is 0 Å². The third-order valence-corrected chi connectivity index (χ3v) is 3.89. The Morgan fingerprint density at radius 2 is 2.11 bits per heavy atom. The van der Waals surface area contributed by atoms with Crippen molar-refractivity contribution in [1.29, 1.82) is 0 Å². The Hall–Kier alpha value is -1.40. The summed E-state index contributed by atoms with van der Waals surface area (Å²) >= 11 is 1.69. The lowest BCUT2D eigenvalue weighted by molar-refractivity contribution is 0.549. The average Bonchev–Trinajstić information content (AvgIpc) is 2.83. The Bertz CT molecular complexity index is 512. The van der Waals surface area contributed by atoms with Crippen LogP contribution in [0.15, 0.2) is 35.4 Å². The lowest BCUT2D eigenvalue weighted by atomic mass is 10.2. The number of nitrogens with one attached hydrogen (secondary N) is 1. The summed E-state index contributed by atoms with van der Waals surface area (Å²) in [6, 6.07) is 6.74. The topological polar surface area (TPSA) is 42.7 Å². The highest BCUT2D eigenvalue weighted by Crippen LogP contribution is 2.24. The van der Waals surface area contributed by atoms with E-state index >= 15 is 0 Å². The van der Waals surface area contributed by atoms with E-state index in [1.807, 2.05) is 7.05 Å². The van der Waals surface area contributed by atoms with E-state index in [9.17, 15) is 4.39 Å². The predicted octanol–water partition coefficient (Wildman–Crippen LogP) is 2.40. The predicted molar refractivity (Wildman–Crippen MR) is 74.5 cm³/mol. The molecule has 0 saturated heterocycles. The van der Waals surface area contributed by atoms with E-state index in [0.29, 0.717) is 0 Å². The van der Waals surface area contributed by atoms with Gasteiger partial charge in [-0.25, -0.2) is 4.39 Å². The van der Waals surface area contributed by atoms with E-state index in [2.05, 4.69) is 22.6 Å². The van der Waals surface area contributed by atoms with Gasteiger partial charge < -0.3 is 5.32 Å². The van der Waals surface area contributed by atoms with Crippen LogP contribution in [0.4, 0.5) is 4.39 Å². The SMILES string of the molecule is CCNC(CSc1ccc(F)cc1)c1cnnn1C. The Kier molecular flexibility index (Phi) is 4.93. The number of aromatic nitrogens is 3. The van der Waals surface area contributed by atoms with Gasteiger partial charge in [-0.2, -0.15) is 0 Å². The lowest BCUT2D eigenvalue weighted by Crippen LogP contribution is -2.25. The van der Waals surface area contributed by atoms with Crippen molar-refractivity contribution in [2.75, 3.05) is 12.3 Å². The van der Waals surface area contributed by atoms with Gasteiger partial charge in [0.1, 0.15) is 5.82 Å². The van der Waals surface area contributed by atoms with Crippen molar-refractivity contribution in [2.24, 2.45) is 7.05 Å². The molecule has 102 valence electrons. The number of halogens is 1. The van der Waals surface area contributed by atoms with Crippen molar-refractivity contribution >= 4 is 11.8 Å². The highest BCUT2D eigenvalue weighted by Gasteiger charge is 2.15. The molecule has 0 radical (unpaired) electrons. The van der Waals surface area contributed by atoms with Crippen molar-refractivity contribution in [1.82, 2.24) is 20.3 Å².